The van der Waals surface area contributed by atoms with Gasteiger partial charge in [0.2, 0.25) is 5.91 Å². The fourth-order valence-corrected chi connectivity index (χ4v) is 2.73. The summed E-state index contributed by atoms with van der Waals surface area (Å²) in [6.45, 7) is 9.98. The molecule has 1 heterocycles. The maximum absolute atomic E-state index is 12.3. The SMILES string of the molecule is CCn1c(C(C)NC(=O)CN(C)C(=O)OC(C)(C)C)nc2ccccc21. The van der Waals surface area contributed by atoms with E-state index in [1.807, 2.05) is 38.1 Å². The summed E-state index contributed by atoms with van der Waals surface area (Å²) in [6.07, 6.45) is -0.527. The highest BCUT2D eigenvalue weighted by molar-refractivity contribution is 5.82. The largest absolute Gasteiger partial charge is 0.444 e. The van der Waals surface area contributed by atoms with Gasteiger partial charge in [-0.3, -0.25) is 4.79 Å². The van der Waals surface area contributed by atoms with Crippen molar-refractivity contribution in [3.63, 3.8) is 0 Å². The van der Waals surface area contributed by atoms with Crippen LogP contribution in [0, 0.1) is 0 Å². The minimum atomic E-state index is -0.596. The topological polar surface area (TPSA) is 76.5 Å². The first-order chi connectivity index (χ1) is 12.1. The molecule has 2 amide bonds. The number of nitrogens with zero attached hydrogens (tertiary/aromatic N) is 3. The number of fused-ring (bicyclic) bond motifs is 1. The number of hydrogen-bond donors (Lipinski definition) is 1. The summed E-state index contributed by atoms with van der Waals surface area (Å²) in [5.74, 6) is 0.530. The molecule has 0 bridgehead atoms. The number of likely N-dealkylation sites (N-methyl/N-ethyl adjacent to an activating group) is 1. The molecule has 0 saturated heterocycles. The number of aromatic nitrogens is 2. The van der Waals surface area contributed by atoms with Gasteiger partial charge >= 0.3 is 6.09 Å². The molecule has 0 aliphatic rings. The van der Waals surface area contributed by atoms with E-state index in [1.165, 1.54) is 4.90 Å². The summed E-state index contributed by atoms with van der Waals surface area (Å²) < 4.78 is 7.34. The molecule has 2 aromatic rings. The molecule has 7 heteroatoms. The quantitative estimate of drug-likeness (QED) is 0.889. The van der Waals surface area contributed by atoms with Gasteiger partial charge in [0, 0.05) is 13.6 Å². The van der Waals surface area contributed by atoms with E-state index in [4.69, 9.17) is 4.74 Å². The monoisotopic (exact) mass is 360 g/mol. The predicted octanol–water partition coefficient (Wildman–Crippen LogP) is 3.10. The van der Waals surface area contributed by atoms with E-state index < -0.39 is 11.7 Å². The lowest BCUT2D eigenvalue weighted by Gasteiger charge is -2.24. The number of imidazole rings is 1. The summed E-state index contributed by atoms with van der Waals surface area (Å²) in [6, 6.07) is 7.61. The first kappa shape index (κ1) is 19.8. The lowest BCUT2D eigenvalue weighted by Crippen LogP contribution is -2.41. The van der Waals surface area contributed by atoms with Gasteiger partial charge in [0.1, 0.15) is 18.0 Å². The standard InChI is InChI=1S/C19H28N4O3/c1-7-23-15-11-9-8-10-14(15)21-17(23)13(2)20-16(24)12-22(6)18(25)26-19(3,4)5/h8-11,13H,7,12H2,1-6H3,(H,20,24). The number of amides is 2. The van der Waals surface area contributed by atoms with Gasteiger partial charge in [0.05, 0.1) is 17.1 Å². The average Bonchev–Trinajstić information content (AvgIpc) is 2.91. The molecule has 1 aromatic heterocycles. The second-order valence-corrected chi connectivity index (χ2v) is 7.33. The van der Waals surface area contributed by atoms with E-state index in [9.17, 15) is 9.59 Å². The summed E-state index contributed by atoms with van der Waals surface area (Å²) in [5, 5.41) is 2.91. The van der Waals surface area contributed by atoms with Crippen molar-refractivity contribution in [3.8, 4) is 0 Å². The van der Waals surface area contributed by atoms with Gasteiger partial charge in [-0.2, -0.15) is 0 Å². The highest BCUT2D eigenvalue weighted by atomic mass is 16.6. The zero-order valence-electron chi connectivity index (χ0n) is 16.4. The fourth-order valence-electron chi connectivity index (χ4n) is 2.73. The van der Waals surface area contributed by atoms with Gasteiger partial charge in [0.15, 0.2) is 0 Å². The molecule has 7 nitrogen and oxygen atoms in total. The van der Waals surface area contributed by atoms with Crippen molar-refractivity contribution in [2.75, 3.05) is 13.6 Å². The number of nitrogens with one attached hydrogen (secondary N) is 1. The van der Waals surface area contributed by atoms with Crippen LogP contribution in [0.25, 0.3) is 11.0 Å². The molecule has 1 N–H and O–H groups in total. The number of benzene rings is 1. The van der Waals surface area contributed by atoms with E-state index in [0.29, 0.717) is 0 Å². The molecule has 0 spiro atoms. The highest BCUT2D eigenvalue weighted by Crippen LogP contribution is 2.20. The van der Waals surface area contributed by atoms with Crippen LogP contribution in [-0.4, -0.2) is 45.6 Å². The minimum Gasteiger partial charge on any atom is -0.444 e. The van der Waals surface area contributed by atoms with Gasteiger partial charge in [-0.1, -0.05) is 12.1 Å². The molecule has 0 aliphatic carbocycles. The molecule has 142 valence electrons. The number of rotatable bonds is 5. The van der Waals surface area contributed by atoms with E-state index in [0.717, 1.165) is 23.4 Å². The number of carbonyl (C=O) groups excluding carboxylic acids is 2. The number of carbonyl (C=O) groups is 2. The molecule has 2 rings (SSSR count). The normalized spacial score (nSPS) is 12.7. The van der Waals surface area contributed by atoms with Crippen molar-refractivity contribution in [2.45, 2.75) is 52.8 Å². The lowest BCUT2D eigenvalue weighted by molar-refractivity contribution is -0.122. The maximum atomic E-state index is 12.3. The Hall–Kier alpha value is -2.57. The van der Waals surface area contributed by atoms with Crippen molar-refractivity contribution in [1.29, 1.82) is 0 Å². The van der Waals surface area contributed by atoms with Crippen molar-refractivity contribution in [1.82, 2.24) is 19.8 Å². The van der Waals surface area contributed by atoms with Crippen LogP contribution in [0.2, 0.25) is 0 Å². The first-order valence-corrected chi connectivity index (χ1v) is 8.81. The van der Waals surface area contributed by atoms with Gasteiger partial charge in [-0.25, -0.2) is 9.78 Å². The van der Waals surface area contributed by atoms with Crippen LogP contribution in [0.15, 0.2) is 24.3 Å². The molecule has 0 radical (unpaired) electrons. The second kappa shape index (κ2) is 7.76. The van der Waals surface area contributed by atoms with E-state index >= 15 is 0 Å². The van der Waals surface area contributed by atoms with E-state index in [2.05, 4.69) is 14.9 Å². The lowest BCUT2D eigenvalue weighted by atomic mass is 10.2. The van der Waals surface area contributed by atoms with Gasteiger partial charge < -0.3 is 19.5 Å². The molecular formula is C19H28N4O3. The van der Waals surface area contributed by atoms with Crippen LogP contribution in [0.5, 0.6) is 0 Å². The molecule has 1 aromatic carbocycles. The van der Waals surface area contributed by atoms with Crippen molar-refractivity contribution >= 4 is 23.0 Å². The Labute approximate surface area is 154 Å². The minimum absolute atomic E-state index is 0.0778. The predicted molar refractivity (Wildman–Crippen MR) is 101 cm³/mol. The highest BCUT2D eigenvalue weighted by Gasteiger charge is 2.23. The third-order valence-electron chi connectivity index (χ3n) is 3.85. The summed E-state index contributed by atoms with van der Waals surface area (Å²) in [4.78, 5) is 30.2. The maximum Gasteiger partial charge on any atom is 0.410 e. The van der Waals surface area contributed by atoms with Gasteiger partial charge in [-0.15, -0.1) is 0 Å². The zero-order chi connectivity index (χ0) is 19.5. The molecule has 1 unspecified atom stereocenters. The van der Waals surface area contributed by atoms with Crippen molar-refractivity contribution < 1.29 is 14.3 Å². The third-order valence-corrected chi connectivity index (χ3v) is 3.85. The Balaban J connectivity index is 2.04. The number of ether oxygens (including phenoxy) is 1. The Morgan fingerprint density at radius 1 is 1.31 bits per heavy atom. The van der Waals surface area contributed by atoms with E-state index in [1.54, 1.807) is 27.8 Å². The molecule has 26 heavy (non-hydrogen) atoms. The Bertz CT molecular complexity index is 792. The Morgan fingerprint density at radius 3 is 2.58 bits per heavy atom. The van der Waals surface area contributed by atoms with Crippen LogP contribution in [0.3, 0.4) is 0 Å². The smallest absolute Gasteiger partial charge is 0.410 e. The Kier molecular flexibility index (Phi) is 5.90. The van der Waals surface area contributed by atoms with Crippen molar-refractivity contribution in [3.05, 3.63) is 30.1 Å². The molecule has 0 saturated carbocycles. The number of para-hydroxylation sites is 2. The summed E-state index contributed by atoms with van der Waals surface area (Å²) in [5.41, 5.74) is 1.34. The summed E-state index contributed by atoms with van der Waals surface area (Å²) in [7, 11) is 1.54. The average molecular weight is 360 g/mol. The van der Waals surface area contributed by atoms with E-state index in [-0.39, 0.29) is 18.5 Å². The molecule has 0 fully saturated rings. The van der Waals surface area contributed by atoms with Crippen LogP contribution in [0.1, 0.15) is 46.5 Å². The molecule has 1 atom stereocenters. The fraction of sp³-hybridized carbons (Fsp3) is 0.526. The first-order valence-electron chi connectivity index (χ1n) is 8.81. The molecule has 0 aliphatic heterocycles. The van der Waals surface area contributed by atoms with Crippen LogP contribution in [-0.2, 0) is 16.1 Å². The number of aryl methyl sites for hydroxylation is 1. The van der Waals surface area contributed by atoms with Gasteiger partial charge in [-0.05, 0) is 46.8 Å². The number of hydrogen-bond acceptors (Lipinski definition) is 4. The summed E-state index contributed by atoms with van der Waals surface area (Å²) >= 11 is 0. The van der Waals surface area contributed by atoms with Crippen LogP contribution >= 0.6 is 0 Å². The van der Waals surface area contributed by atoms with Crippen LogP contribution < -0.4 is 5.32 Å². The second-order valence-electron chi connectivity index (χ2n) is 7.33. The van der Waals surface area contributed by atoms with Crippen molar-refractivity contribution in [2.24, 2.45) is 0 Å². The van der Waals surface area contributed by atoms with Crippen LogP contribution in [0.4, 0.5) is 4.79 Å². The molecular weight excluding hydrogens is 332 g/mol. The van der Waals surface area contributed by atoms with Gasteiger partial charge in [0.25, 0.3) is 0 Å². The zero-order valence-corrected chi connectivity index (χ0v) is 16.4. The third kappa shape index (κ3) is 4.74. The Morgan fingerprint density at radius 2 is 1.96 bits per heavy atom.